The highest BCUT2D eigenvalue weighted by molar-refractivity contribution is 6.19. The number of halogens is 1. The van der Waals surface area contributed by atoms with E-state index in [1.165, 1.54) is 0 Å². The topological polar surface area (TPSA) is 49.3 Å². The summed E-state index contributed by atoms with van der Waals surface area (Å²) in [5.74, 6) is 0.150. The van der Waals surface area contributed by atoms with Crippen molar-refractivity contribution in [2.75, 3.05) is 12.4 Å². The Morgan fingerprint density at radius 3 is 2.50 bits per heavy atom. The van der Waals surface area contributed by atoms with E-state index < -0.39 is 11.5 Å². The molecule has 0 heterocycles. The SMILES string of the molecule is CC(O)CNC(=O)C(C)(C)CCl. The minimum Gasteiger partial charge on any atom is -0.392 e. The summed E-state index contributed by atoms with van der Waals surface area (Å²) in [6, 6.07) is 0. The molecule has 0 aromatic rings. The Balaban J connectivity index is 3.88. The molecular weight excluding hydrogens is 178 g/mol. The van der Waals surface area contributed by atoms with Gasteiger partial charge in [0.2, 0.25) is 5.91 Å². The van der Waals surface area contributed by atoms with Gasteiger partial charge in [-0.3, -0.25) is 4.79 Å². The molecule has 0 saturated carbocycles. The molecule has 0 saturated heterocycles. The average Bonchev–Trinajstić information content (AvgIpc) is 2.00. The van der Waals surface area contributed by atoms with Crippen molar-refractivity contribution < 1.29 is 9.90 Å². The van der Waals surface area contributed by atoms with Crippen LogP contribution in [0.5, 0.6) is 0 Å². The van der Waals surface area contributed by atoms with E-state index in [4.69, 9.17) is 16.7 Å². The fourth-order valence-corrected chi connectivity index (χ4v) is 0.662. The molecule has 0 aliphatic carbocycles. The van der Waals surface area contributed by atoms with Gasteiger partial charge in [-0.1, -0.05) is 0 Å². The molecule has 1 amide bonds. The van der Waals surface area contributed by atoms with Crippen molar-refractivity contribution in [2.45, 2.75) is 26.9 Å². The number of amides is 1. The quantitative estimate of drug-likeness (QED) is 0.648. The largest absolute Gasteiger partial charge is 0.392 e. The van der Waals surface area contributed by atoms with E-state index in [0.29, 0.717) is 0 Å². The van der Waals surface area contributed by atoms with Gasteiger partial charge < -0.3 is 10.4 Å². The number of hydrogen-bond donors (Lipinski definition) is 2. The summed E-state index contributed by atoms with van der Waals surface area (Å²) >= 11 is 5.58. The van der Waals surface area contributed by atoms with Gasteiger partial charge in [-0.25, -0.2) is 0 Å². The molecule has 2 N–H and O–H groups in total. The maximum absolute atomic E-state index is 11.3. The predicted molar refractivity (Wildman–Crippen MR) is 49.2 cm³/mol. The first-order valence-corrected chi connectivity index (χ1v) is 4.46. The van der Waals surface area contributed by atoms with Crippen LogP contribution in [-0.2, 0) is 4.79 Å². The Morgan fingerprint density at radius 2 is 2.17 bits per heavy atom. The molecule has 0 rings (SSSR count). The first-order valence-electron chi connectivity index (χ1n) is 3.92. The van der Waals surface area contributed by atoms with E-state index in [0.717, 1.165) is 0 Å². The summed E-state index contributed by atoms with van der Waals surface area (Å²) in [5, 5.41) is 11.5. The van der Waals surface area contributed by atoms with Gasteiger partial charge in [0.1, 0.15) is 0 Å². The van der Waals surface area contributed by atoms with Crippen LogP contribution >= 0.6 is 11.6 Å². The Labute approximate surface area is 78.1 Å². The van der Waals surface area contributed by atoms with Gasteiger partial charge >= 0.3 is 0 Å². The van der Waals surface area contributed by atoms with Crippen LogP contribution < -0.4 is 5.32 Å². The van der Waals surface area contributed by atoms with Crippen molar-refractivity contribution in [2.24, 2.45) is 5.41 Å². The Hall–Kier alpha value is -0.280. The van der Waals surface area contributed by atoms with Gasteiger partial charge in [-0.15, -0.1) is 11.6 Å². The van der Waals surface area contributed by atoms with Crippen LogP contribution in [0.3, 0.4) is 0 Å². The Kier molecular flexibility index (Phi) is 4.57. The normalized spacial score (nSPS) is 14.1. The molecule has 0 radical (unpaired) electrons. The van der Waals surface area contributed by atoms with E-state index >= 15 is 0 Å². The average molecular weight is 194 g/mol. The zero-order valence-electron chi connectivity index (χ0n) is 7.72. The van der Waals surface area contributed by atoms with Crippen LogP contribution in [-0.4, -0.2) is 29.5 Å². The second kappa shape index (κ2) is 4.67. The Morgan fingerprint density at radius 1 is 1.67 bits per heavy atom. The standard InChI is InChI=1S/C8H16ClNO2/c1-6(11)4-10-7(12)8(2,3)5-9/h6,11H,4-5H2,1-3H3,(H,10,12). The monoisotopic (exact) mass is 193 g/mol. The first-order chi connectivity index (χ1) is 5.40. The molecule has 1 atom stereocenters. The van der Waals surface area contributed by atoms with Crippen LogP contribution in [0, 0.1) is 5.41 Å². The summed E-state index contributed by atoms with van der Waals surface area (Å²) in [6.45, 7) is 5.42. The van der Waals surface area contributed by atoms with E-state index in [-0.39, 0.29) is 18.3 Å². The predicted octanol–water partition coefficient (Wildman–Crippen LogP) is 0.748. The van der Waals surface area contributed by atoms with E-state index in [1.807, 2.05) is 0 Å². The first kappa shape index (κ1) is 11.7. The number of carbonyl (C=O) groups is 1. The summed E-state index contributed by atoms with van der Waals surface area (Å²) in [7, 11) is 0. The van der Waals surface area contributed by atoms with Crippen molar-refractivity contribution in [1.29, 1.82) is 0 Å². The highest BCUT2D eigenvalue weighted by Gasteiger charge is 2.26. The number of hydrogen-bond acceptors (Lipinski definition) is 2. The minimum atomic E-state index is -0.559. The van der Waals surface area contributed by atoms with Crippen LogP contribution in [0.2, 0.25) is 0 Å². The summed E-state index contributed by atoms with van der Waals surface area (Å²) in [6.07, 6.45) is -0.514. The van der Waals surface area contributed by atoms with Gasteiger partial charge in [0.05, 0.1) is 11.5 Å². The summed E-state index contributed by atoms with van der Waals surface area (Å²) in [4.78, 5) is 11.3. The lowest BCUT2D eigenvalue weighted by molar-refractivity contribution is -0.128. The van der Waals surface area contributed by atoms with Crippen LogP contribution in [0.25, 0.3) is 0 Å². The molecular formula is C8H16ClNO2. The molecule has 0 fully saturated rings. The van der Waals surface area contributed by atoms with Gasteiger partial charge in [0.25, 0.3) is 0 Å². The van der Waals surface area contributed by atoms with E-state index in [9.17, 15) is 4.79 Å². The lowest BCUT2D eigenvalue weighted by Gasteiger charge is -2.20. The van der Waals surface area contributed by atoms with Gasteiger partial charge in [0.15, 0.2) is 0 Å². The molecule has 1 unspecified atom stereocenters. The van der Waals surface area contributed by atoms with Crippen LogP contribution in [0.15, 0.2) is 0 Å². The molecule has 12 heavy (non-hydrogen) atoms. The summed E-state index contributed by atoms with van der Waals surface area (Å²) in [5.41, 5.74) is -0.559. The van der Waals surface area contributed by atoms with Crippen molar-refractivity contribution in [3.05, 3.63) is 0 Å². The molecule has 3 nitrogen and oxygen atoms in total. The third kappa shape index (κ3) is 3.93. The third-order valence-corrected chi connectivity index (χ3v) is 2.17. The highest BCUT2D eigenvalue weighted by Crippen LogP contribution is 2.16. The van der Waals surface area contributed by atoms with Crippen molar-refractivity contribution >= 4 is 17.5 Å². The smallest absolute Gasteiger partial charge is 0.226 e. The molecule has 0 aliphatic rings. The molecule has 0 spiro atoms. The fraction of sp³-hybridized carbons (Fsp3) is 0.875. The van der Waals surface area contributed by atoms with Gasteiger partial charge in [-0.05, 0) is 20.8 Å². The summed E-state index contributed by atoms with van der Waals surface area (Å²) < 4.78 is 0. The fourth-order valence-electron chi connectivity index (χ4n) is 0.540. The van der Waals surface area contributed by atoms with E-state index in [2.05, 4.69) is 5.32 Å². The second-order valence-electron chi connectivity index (χ2n) is 3.58. The van der Waals surface area contributed by atoms with Gasteiger partial charge in [0, 0.05) is 12.4 Å². The number of alkyl halides is 1. The molecule has 0 aromatic carbocycles. The lowest BCUT2D eigenvalue weighted by Crippen LogP contribution is -2.41. The van der Waals surface area contributed by atoms with Crippen LogP contribution in [0.4, 0.5) is 0 Å². The van der Waals surface area contributed by atoms with Crippen molar-refractivity contribution in [3.8, 4) is 0 Å². The number of aliphatic hydroxyl groups excluding tert-OH is 1. The maximum atomic E-state index is 11.3. The maximum Gasteiger partial charge on any atom is 0.226 e. The number of carbonyl (C=O) groups excluding carboxylic acids is 1. The molecule has 0 bridgehead atoms. The minimum absolute atomic E-state index is 0.126. The molecule has 0 aromatic heterocycles. The lowest BCUT2D eigenvalue weighted by atomic mass is 9.95. The van der Waals surface area contributed by atoms with E-state index in [1.54, 1.807) is 20.8 Å². The Bertz CT molecular complexity index is 157. The van der Waals surface area contributed by atoms with Crippen LogP contribution in [0.1, 0.15) is 20.8 Å². The zero-order chi connectivity index (χ0) is 9.78. The number of rotatable bonds is 4. The van der Waals surface area contributed by atoms with Crippen molar-refractivity contribution in [3.63, 3.8) is 0 Å². The second-order valence-corrected chi connectivity index (χ2v) is 3.84. The molecule has 72 valence electrons. The third-order valence-electron chi connectivity index (χ3n) is 1.51. The highest BCUT2D eigenvalue weighted by atomic mass is 35.5. The zero-order valence-corrected chi connectivity index (χ0v) is 8.48. The number of aliphatic hydroxyl groups is 1. The number of nitrogens with one attached hydrogen (secondary N) is 1. The molecule has 4 heteroatoms. The molecule has 0 aliphatic heterocycles. The van der Waals surface area contributed by atoms with Crippen molar-refractivity contribution in [1.82, 2.24) is 5.32 Å². The van der Waals surface area contributed by atoms with Gasteiger partial charge in [-0.2, -0.15) is 0 Å².